The second-order valence-electron chi connectivity index (χ2n) is 4.07. The van der Waals surface area contributed by atoms with Crippen LogP contribution in [0, 0.1) is 6.92 Å². The van der Waals surface area contributed by atoms with Crippen molar-refractivity contribution >= 4 is 22.7 Å². The molecule has 1 N–H and O–H groups in total. The molecule has 0 bridgehead atoms. The van der Waals surface area contributed by atoms with Crippen molar-refractivity contribution in [3.8, 4) is 9.88 Å². The fraction of sp³-hybridized carbons (Fsp3) is 0.462. The summed E-state index contributed by atoms with van der Waals surface area (Å²) in [7, 11) is 1.72. The van der Waals surface area contributed by atoms with Crippen LogP contribution < -0.4 is 5.32 Å². The standard InChI is InChI=1S/C13H18N2OS2/c1-10-4-8-17-12(10)13-15-11(9-18-13)3-5-14-6-7-16-2/h4,8-9,14H,3,5-7H2,1-2H3. The average Bonchev–Trinajstić information content (AvgIpc) is 2.97. The van der Waals surface area contributed by atoms with Crippen molar-refractivity contribution < 1.29 is 4.74 Å². The lowest BCUT2D eigenvalue weighted by Crippen LogP contribution is -2.21. The number of aromatic nitrogens is 1. The van der Waals surface area contributed by atoms with Gasteiger partial charge >= 0.3 is 0 Å². The van der Waals surface area contributed by atoms with Crippen LogP contribution in [-0.2, 0) is 11.2 Å². The predicted molar refractivity (Wildman–Crippen MR) is 78.6 cm³/mol. The third kappa shape index (κ3) is 3.62. The summed E-state index contributed by atoms with van der Waals surface area (Å²) in [6.07, 6.45) is 0.977. The van der Waals surface area contributed by atoms with E-state index in [1.54, 1.807) is 29.8 Å². The van der Waals surface area contributed by atoms with E-state index in [2.05, 4.69) is 34.1 Å². The quantitative estimate of drug-likeness (QED) is 0.793. The van der Waals surface area contributed by atoms with Crippen molar-refractivity contribution in [3.63, 3.8) is 0 Å². The summed E-state index contributed by atoms with van der Waals surface area (Å²) in [6, 6.07) is 2.15. The van der Waals surface area contributed by atoms with Crippen LogP contribution in [0.4, 0.5) is 0 Å². The van der Waals surface area contributed by atoms with Gasteiger partial charge in [0.25, 0.3) is 0 Å². The Kier molecular flexibility index (Phi) is 5.31. The van der Waals surface area contributed by atoms with Gasteiger partial charge in [0.2, 0.25) is 0 Å². The first-order valence-corrected chi connectivity index (χ1v) is 7.75. The molecule has 0 saturated carbocycles. The maximum Gasteiger partial charge on any atom is 0.133 e. The normalized spacial score (nSPS) is 11.0. The van der Waals surface area contributed by atoms with Crippen LogP contribution in [-0.4, -0.2) is 31.8 Å². The predicted octanol–water partition coefficient (Wildman–Crippen LogP) is 2.96. The van der Waals surface area contributed by atoms with E-state index >= 15 is 0 Å². The number of aryl methyl sites for hydroxylation is 1. The van der Waals surface area contributed by atoms with Crippen LogP contribution in [0.25, 0.3) is 9.88 Å². The number of nitrogens with zero attached hydrogens (tertiary/aromatic N) is 1. The van der Waals surface area contributed by atoms with E-state index in [-0.39, 0.29) is 0 Å². The highest BCUT2D eigenvalue weighted by Gasteiger charge is 2.08. The number of rotatable bonds is 7. The lowest BCUT2D eigenvalue weighted by Gasteiger charge is -2.01. The van der Waals surface area contributed by atoms with Crippen molar-refractivity contribution in [3.05, 3.63) is 28.1 Å². The Morgan fingerprint density at radius 1 is 1.33 bits per heavy atom. The van der Waals surface area contributed by atoms with Crippen LogP contribution in [0.15, 0.2) is 16.8 Å². The Balaban J connectivity index is 1.85. The number of methoxy groups -OCH3 is 1. The largest absolute Gasteiger partial charge is 0.383 e. The molecule has 18 heavy (non-hydrogen) atoms. The van der Waals surface area contributed by atoms with Gasteiger partial charge in [0.1, 0.15) is 5.01 Å². The average molecular weight is 282 g/mol. The Bertz CT molecular complexity index is 479. The zero-order chi connectivity index (χ0) is 12.8. The molecular weight excluding hydrogens is 264 g/mol. The minimum atomic E-state index is 0.761. The monoisotopic (exact) mass is 282 g/mol. The minimum absolute atomic E-state index is 0.761. The van der Waals surface area contributed by atoms with Gasteiger partial charge in [0.15, 0.2) is 0 Å². The fourth-order valence-electron chi connectivity index (χ4n) is 1.63. The van der Waals surface area contributed by atoms with Gasteiger partial charge in [0, 0.05) is 32.0 Å². The number of hydrogen-bond donors (Lipinski definition) is 1. The molecule has 3 nitrogen and oxygen atoms in total. The van der Waals surface area contributed by atoms with Crippen molar-refractivity contribution in [1.82, 2.24) is 10.3 Å². The van der Waals surface area contributed by atoms with Crippen LogP contribution in [0.5, 0.6) is 0 Å². The van der Waals surface area contributed by atoms with Gasteiger partial charge in [0.05, 0.1) is 17.2 Å². The first-order chi connectivity index (χ1) is 8.81. The van der Waals surface area contributed by atoms with Gasteiger partial charge in [-0.3, -0.25) is 0 Å². The first-order valence-electron chi connectivity index (χ1n) is 6.00. The highest BCUT2D eigenvalue weighted by molar-refractivity contribution is 7.20. The van der Waals surface area contributed by atoms with Crippen molar-refractivity contribution in [2.45, 2.75) is 13.3 Å². The van der Waals surface area contributed by atoms with Gasteiger partial charge in [-0.2, -0.15) is 0 Å². The van der Waals surface area contributed by atoms with Gasteiger partial charge < -0.3 is 10.1 Å². The molecule has 98 valence electrons. The van der Waals surface area contributed by atoms with E-state index in [4.69, 9.17) is 4.74 Å². The number of thiophene rings is 1. The van der Waals surface area contributed by atoms with Crippen molar-refractivity contribution in [1.29, 1.82) is 0 Å². The maximum absolute atomic E-state index is 4.99. The third-order valence-electron chi connectivity index (χ3n) is 2.65. The summed E-state index contributed by atoms with van der Waals surface area (Å²) >= 11 is 3.50. The molecule has 0 fully saturated rings. The Labute approximate surface area is 116 Å². The summed E-state index contributed by atoms with van der Waals surface area (Å²) in [4.78, 5) is 5.99. The van der Waals surface area contributed by atoms with Crippen LogP contribution >= 0.6 is 22.7 Å². The summed E-state index contributed by atoms with van der Waals surface area (Å²) < 4.78 is 4.99. The molecule has 2 aromatic heterocycles. The second-order valence-corrected chi connectivity index (χ2v) is 5.84. The lowest BCUT2D eigenvalue weighted by molar-refractivity contribution is 0.199. The number of nitrogens with one attached hydrogen (secondary N) is 1. The smallest absolute Gasteiger partial charge is 0.133 e. The number of hydrogen-bond acceptors (Lipinski definition) is 5. The topological polar surface area (TPSA) is 34.1 Å². The van der Waals surface area contributed by atoms with E-state index in [1.807, 2.05) is 0 Å². The van der Waals surface area contributed by atoms with E-state index in [0.717, 1.165) is 31.1 Å². The maximum atomic E-state index is 4.99. The van der Waals surface area contributed by atoms with Crippen LogP contribution in [0.2, 0.25) is 0 Å². The van der Waals surface area contributed by atoms with E-state index in [0.29, 0.717) is 0 Å². The van der Waals surface area contributed by atoms with E-state index in [9.17, 15) is 0 Å². The van der Waals surface area contributed by atoms with Gasteiger partial charge in [-0.15, -0.1) is 22.7 Å². The second kappa shape index (κ2) is 6.99. The van der Waals surface area contributed by atoms with Gasteiger partial charge in [-0.1, -0.05) is 0 Å². The first kappa shape index (κ1) is 13.7. The van der Waals surface area contributed by atoms with Crippen molar-refractivity contribution in [2.24, 2.45) is 0 Å². The zero-order valence-electron chi connectivity index (χ0n) is 10.7. The SMILES string of the molecule is COCCNCCc1csc(-c2sccc2C)n1. The highest BCUT2D eigenvalue weighted by Crippen LogP contribution is 2.31. The molecule has 2 rings (SSSR count). The summed E-state index contributed by atoms with van der Waals surface area (Å²) in [5.74, 6) is 0. The molecule has 0 aliphatic carbocycles. The molecule has 0 spiro atoms. The van der Waals surface area contributed by atoms with E-state index in [1.165, 1.54) is 16.1 Å². The molecule has 0 radical (unpaired) electrons. The molecule has 0 unspecified atom stereocenters. The molecule has 0 aliphatic heterocycles. The molecule has 0 saturated heterocycles. The molecule has 2 aromatic rings. The van der Waals surface area contributed by atoms with Gasteiger partial charge in [-0.05, 0) is 23.9 Å². The highest BCUT2D eigenvalue weighted by atomic mass is 32.1. The van der Waals surface area contributed by atoms with E-state index < -0.39 is 0 Å². The Hall–Kier alpha value is -0.750. The zero-order valence-corrected chi connectivity index (χ0v) is 12.4. The molecular formula is C13H18N2OS2. The molecule has 2 heterocycles. The minimum Gasteiger partial charge on any atom is -0.383 e. The lowest BCUT2D eigenvalue weighted by atomic mass is 10.3. The number of thiazole rings is 1. The molecule has 0 aromatic carbocycles. The van der Waals surface area contributed by atoms with Crippen LogP contribution in [0.1, 0.15) is 11.3 Å². The fourth-order valence-corrected chi connectivity index (χ4v) is 3.59. The third-order valence-corrected chi connectivity index (χ3v) is 4.71. The Morgan fingerprint density at radius 2 is 2.22 bits per heavy atom. The van der Waals surface area contributed by atoms with Crippen molar-refractivity contribution in [2.75, 3.05) is 26.8 Å². The number of ether oxygens (including phenoxy) is 1. The summed E-state index contributed by atoms with van der Waals surface area (Å²) in [5.41, 5.74) is 2.49. The molecule has 5 heteroatoms. The molecule has 0 atom stereocenters. The molecule has 0 aliphatic rings. The molecule has 0 amide bonds. The summed E-state index contributed by atoms with van der Waals surface area (Å²) in [5, 5.41) is 8.76. The van der Waals surface area contributed by atoms with Gasteiger partial charge in [-0.25, -0.2) is 4.98 Å². The summed E-state index contributed by atoms with van der Waals surface area (Å²) in [6.45, 7) is 4.75. The van der Waals surface area contributed by atoms with Crippen LogP contribution in [0.3, 0.4) is 0 Å². The Morgan fingerprint density at radius 3 is 2.94 bits per heavy atom.